The lowest BCUT2D eigenvalue weighted by atomic mass is 9.87. The molecule has 0 aliphatic carbocycles. The van der Waals surface area contributed by atoms with Gasteiger partial charge in [0.2, 0.25) is 0 Å². The van der Waals surface area contributed by atoms with Gasteiger partial charge in [-0.25, -0.2) is 0 Å². The van der Waals surface area contributed by atoms with Crippen molar-refractivity contribution in [1.29, 1.82) is 0 Å². The first-order chi connectivity index (χ1) is 34.1. The molecule has 0 amide bonds. The third-order valence-electron chi connectivity index (χ3n) is 10.8. The normalized spacial score (nSPS) is 15.3. The zero-order valence-corrected chi connectivity index (χ0v) is 29.8. The molecule has 0 aliphatic heterocycles. The van der Waals surface area contributed by atoms with Gasteiger partial charge in [-0.2, -0.15) is 0 Å². The number of hydrogen-bond acceptors (Lipinski definition) is 1. The number of aromatic nitrogens is 2. The summed E-state index contributed by atoms with van der Waals surface area (Å²) in [5.74, 6) is 0. The van der Waals surface area contributed by atoms with E-state index in [1.165, 1.54) is 0 Å². The molecular formula is C54H34N2O. The number of benzene rings is 9. The minimum absolute atomic E-state index is 0.137. The molecule has 0 radical (unpaired) electrons. The molecule has 0 aliphatic rings. The highest BCUT2D eigenvalue weighted by Crippen LogP contribution is 2.44. The highest BCUT2D eigenvalue weighted by molar-refractivity contribution is 6.14. The fourth-order valence-electron chi connectivity index (χ4n) is 8.42. The maximum Gasteiger partial charge on any atom is 0.135 e. The van der Waals surface area contributed by atoms with Crippen molar-refractivity contribution in [2.24, 2.45) is 0 Å². The summed E-state index contributed by atoms with van der Waals surface area (Å²) in [4.78, 5) is 0. The molecule has 0 saturated carbocycles. The van der Waals surface area contributed by atoms with Crippen LogP contribution in [0.5, 0.6) is 0 Å². The Morgan fingerprint density at radius 3 is 1.68 bits per heavy atom. The van der Waals surface area contributed by atoms with Gasteiger partial charge in [0, 0.05) is 43.7 Å². The first-order valence-electron chi connectivity index (χ1n) is 25.4. The van der Waals surface area contributed by atoms with Gasteiger partial charge >= 0.3 is 0 Å². The van der Waals surface area contributed by atoms with Crippen molar-refractivity contribution in [1.82, 2.24) is 9.13 Å². The van der Waals surface area contributed by atoms with E-state index in [0.29, 0.717) is 49.4 Å². The summed E-state index contributed by atoms with van der Waals surface area (Å²) in [6.45, 7) is 0. The number of rotatable bonds is 5. The van der Waals surface area contributed by atoms with Crippen molar-refractivity contribution in [2.75, 3.05) is 0 Å². The molecule has 0 unspecified atom stereocenters. The molecule has 3 heteroatoms. The van der Waals surface area contributed by atoms with E-state index in [4.69, 9.17) is 23.6 Å². The fraction of sp³-hybridized carbons (Fsp3) is 0. The van der Waals surface area contributed by atoms with Gasteiger partial charge in [-0.05, 0) is 100 Å². The predicted octanol–water partition coefficient (Wildman–Crippen LogP) is 14.8. The maximum atomic E-state index is 9.17. The lowest BCUT2D eigenvalue weighted by Gasteiger charge is -2.17. The van der Waals surface area contributed by atoms with Gasteiger partial charge in [0.15, 0.2) is 0 Å². The zero-order chi connectivity index (χ0) is 49.6. The number of furan rings is 1. The van der Waals surface area contributed by atoms with Gasteiger partial charge in [-0.15, -0.1) is 0 Å². The van der Waals surface area contributed by atoms with E-state index >= 15 is 0 Å². The monoisotopic (exact) mass is 740 g/mol. The average Bonchev–Trinajstić information content (AvgIpc) is 4.04. The summed E-state index contributed by atoms with van der Waals surface area (Å²) in [5.41, 5.74) is 6.00. The standard InChI is InChI=1S/C54H34N2O/c1-3-14-35(15-4-1)40-21-13-22-41(36-16-5-2-6-17-36)54(40)37-26-29-50-45(32-37)46-33-38(55-48-23-10-7-18-42(48)43-19-8-11-24-49(43)55)27-30-51(46)56(50)39-28-31-53-47(34-39)44-20-9-12-25-52(44)57-53/h1-34H/i1D,2D,3D,4D,5D,6D,7D,10D,14D,15D,16D,17D,18D,23D. The molecule has 0 atom stereocenters. The smallest absolute Gasteiger partial charge is 0.135 e. The van der Waals surface area contributed by atoms with Crippen molar-refractivity contribution in [3.8, 4) is 44.8 Å². The second kappa shape index (κ2) is 12.5. The summed E-state index contributed by atoms with van der Waals surface area (Å²) in [6.07, 6.45) is 0. The van der Waals surface area contributed by atoms with Crippen molar-refractivity contribution in [3.63, 3.8) is 0 Å². The van der Waals surface area contributed by atoms with Crippen LogP contribution in [0.3, 0.4) is 0 Å². The molecule has 0 fully saturated rings. The Balaban J connectivity index is 1.22. The second-order valence-corrected chi connectivity index (χ2v) is 13.9. The molecule has 0 spiro atoms. The van der Waals surface area contributed by atoms with Crippen molar-refractivity contribution >= 4 is 65.6 Å². The molecule has 12 aromatic rings. The Morgan fingerprint density at radius 1 is 0.351 bits per heavy atom. The van der Waals surface area contributed by atoms with Gasteiger partial charge in [0.25, 0.3) is 0 Å². The van der Waals surface area contributed by atoms with Crippen LogP contribution < -0.4 is 0 Å². The van der Waals surface area contributed by atoms with Crippen LogP contribution in [0.15, 0.2) is 210 Å². The minimum Gasteiger partial charge on any atom is -0.456 e. The van der Waals surface area contributed by atoms with Gasteiger partial charge in [0.1, 0.15) is 11.2 Å². The summed E-state index contributed by atoms with van der Waals surface area (Å²) in [7, 11) is 0. The number of fused-ring (bicyclic) bond motifs is 9. The van der Waals surface area contributed by atoms with Crippen LogP contribution >= 0.6 is 0 Å². The van der Waals surface area contributed by atoms with E-state index in [2.05, 4.69) is 10.6 Å². The third kappa shape index (κ3) is 4.86. The highest BCUT2D eigenvalue weighted by atomic mass is 16.3. The van der Waals surface area contributed by atoms with Crippen LogP contribution in [0, 0.1) is 0 Å². The van der Waals surface area contributed by atoms with Crippen LogP contribution in [0.4, 0.5) is 0 Å². The molecule has 3 aromatic heterocycles. The molecule has 9 aromatic carbocycles. The van der Waals surface area contributed by atoms with E-state index < -0.39 is 60.4 Å². The Morgan fingerprint density at radius 2 is 0.912 bits per heavy atom. The number of nitrogens with zero attached hydrogens (tertiary/aromatic N) is 2. The Labute approximate surface area is 348 Å². The van der Waals surface area contributed by atoms with Crippen molar-refractivity contribution in [2.45, 2.75) is 0 Å². The lowest BCUT2D eigenvalue weighted by Crippen LogP contribution is -1.95. The van der Waals surface area contributed by atoms with Gasteiger partial charge < -0.3 is 13.6 Å². The maximum absolute atomic E-state index is 9.17. The van der Waals surface area contributed by atoms with Gasteiger partial charge in [-0.3, -0.25) is 0 Å². The molecule has 0 bridgehead atoms. The Hall–Kier alpha value is -7.62. The number of hydrogen-bond donors (Lipinski definition) is 0. The third-order valence-corrected chi connectivity index (χ3v) is 10.8. The average molecular weight is 741 g/mol. The van der Waals surface area contributed by atoms with E-state index in [1.54, 1.807) is 24.3 Å². The van der Waals surface area contributed by atoms with E-state index in [0.717, 1.165) is 33.1 Å². The topological polar surface area (TPSA) is 23.0 Å². The summed E-state index contributed by atoms with van der Waals surface area (Å²) >= 11 is 0. The quantitative estimate of drug-likeness (QED) is 0.172. The van der Waals surface area contributed by atoms with Crippen LogP contribution in [-0.4, -0.2) is 9.13 Å². The summed E-state index contributed by atoms with van der Waals surface area (Å²) in [6, 6.07) is 30.8. The van der Waals surface area contributed by atoms with Crippen LogP contribution in [0.1, 0.15) is 19.2 Å². The molecule has 0 saturated heterocycles. The zero-order valence-electron chi connectivity index (χ0n) is 43.8. The summed E-state index contributed by atoms with van der Waals surface area (Å²) in [5, 5.41) is 4.20. The van der Waals surface area contributed by atoms with Gasteiger partial charge in [-0.1, -0.05) is 139 Å². The van der Waals surface area contributed by atoms with E-state index in [-0.39, 0.29) is 52.0 Å². The minimum atomic E-state index is -0.586. The van der Waals surface area contributed by atoms with E-state index in [1.807, 2.05) is 95.6 Å². The molecule has 0 N–H and O–H groups in total. The first-order valence-corrected chi connectivity index (χ1v) is 18.4. The highest BCUT2D eigenvalue weighted by Gasteiger charge is 2.20. The molecule has 3 heterocycles. The largest absolute Gasteiger partial charge is 0.456 e. The first kappa shape index (κ1) is 20.9. The SMILES string of the molecule is [2H]c1c([2H])c([2H])c(-c2cccc(-c3c([2H])c([2H])c([2H])c([2H])c3[2H])c2-c2ccc3c(c2)c2cc(-n4c5ccccc5c5c([2H])c([2H])c([2H])c([2H])c54)ccc2n3-c2ccc3oc4ccccc4c3c2)c([2H])c1[2H]. The molecular weight excluding hydrogens is 693 g/mol. The molecule has 3 nitrogen and oxygen atoms in total. The van der Waals surface area contributed by atoms with E-state index in [9.17, 15) is 0 Å². The molecule has 266 valence electrons. The second-order valence-electron chi connectivity index (χ2n) is 13.9. The van der Waals surface area contributed by atoms with Crippen LogP contribution in [0.2, 0.25) is 0 Å². The Bertz CT molecular complexity index is 4210. The molecule has 57 heavy (non-hydrogen) atoms. The number of para-hydroxylation sites is 3. The molecule has 12 rings (SSSR count). The van der Waals surface area contributed by atoms with Crippen molar-refractivity contribution < 1.29 is 23.6 Å². The fourth-order valence-corrected chi connectivity index (χ4v) is 8.42. The lowest BCUT2D eigenvalue weighted by molar-refractivity contribution is 0.669. The predicted molar refractivity (Wildman–Crippen MR) is 239 cm³/mol. The Kier molecular flexibility index (Phi) is 4.57. The van der Waals surface area contributed by atoms with Gasteiger partial charge in [0.05, 0.1) is 41.3 Å². The summed E-state index contributed by atoms with van der Waals surface area (Å²) < 4.78 is 133. The van der Waals surface area contributed by atoms with Crippen LogP contribution in [-0.2, 0) is 0 Å². The van der Waals surface area contributed by atoms with Crippen molar-refractivity contribution in [3.05, 3.63) is 206 Å². The van der Waals surface area contributed by atoms with Crippen LogP contribution in [0.25, 0.3) is 110 Å².